The van der Waals surface area contributed by atoms with Crippen molar-refractivity contribution in [2.24, 2.45) is 0 Å². The van der Waals surface area contributed by atoms with Gasteiger partial charge in [-0.15, -0.1) is 0 Å². The van der Waals surface area contributed by atoms with Crippen LogP contribution in [-0.2, 0) is 10.3 Å². The molecule has 0 radical (unpaired) electrons. The summed E-state index contributed by atoms with van der Waals surface area (Å²) in [5.41, 5.74) is 3.85. The number of allylic oxidation sites excluding steroid dienone is 1. The van der Waals surface area contributed by atoms with E-state index >= 15 is 0 Å². The van der Waals surface area contributed by atoms with Gasteiger partial charge in [0, 0.05) is 11.3 Å². The average molecular weight is 327 g/mol. The number of anilines is 1. The van der Waals surface area contributed by atoms with Crippen LogP contribution >= 0.6 is 0 Å². The van der Waals surface area contributed by atoms with E-state index in [0.717, 1.165) is 22.4 Å². The van der Waals surface area contributed by atoms with Crippen LogP contribution in [0.3, 0.4) is 0 Å². The van der Waals surface area contributed by atoms with Crippen LogP contribution in [0, 0.1) is 0 Å². The summed E-state index contributed by atoms with van der Waals surface area (Å²) < 4.78 is 6.72. The Labute approximate surface area is 148 Å². The maximum atomic E-state index is 6.72. The number of rotatable bonds is 3. The molecule has 0 fully saturated rings. The van der Waals surface area contributed by atoms with Gasteiger partial charge in [-0.3, -0.25) is 0 Å². The fourth-order valence-electron chi connectivity index (χ4n) is 3.57. The maximum absolute atomic E-state index is 6.72. The minimum Gasteiger partial charge on any atom is -0.356 e. The van der Waals surface area contributed by atoms with E-state index in [1.165, 1.54) is 0 Å². The summed E-state index contributed by atoms with van der Waals surface area (Å²) in [5, 5.41) is 3.48. The van der Waals surface area contributed by atoms with E-state index in [2.05, 4.69) is 84.2 Å². The summed E-state index contributed by atoms with van der Waals surface area (Å²) in [7, 11) is 0. The molecule has 1 unspecified atom stereocenters. The molecule has 3 aromatic rings. The highest BCUT2D eigenvalue weighted by Gasteiger charge is 2.43. The molecule has 124 valence electrons. The van der Waals surface area contributed by atoms with Crippen molar-refractivity contribution >= 4 is 5.69 Å². The van der Waals surface area contributed by atoms with Crippen LogP contribution in [0.25, 0.3) is 0 Å². The number of nitrogens with one attached hydrogen (secondary N) is 1. The van der Waals surface area contributed by atoms with E-state index in [9.17, 15) is 0 Å². The highest BCUT2D eigenvalue weighted by Crippen LogP contribution is 2.47. The highest BCUT2D eigenvalue weighted by molar-refractivity contribution is 5.63. The third-order valence-corrected chi connectivity index (χ3v) is 4.64. The Morgan fingerprint density at radius 3 is 1.96 bits per heavy atom. The fraction of sp³-hybridized carbons (Fsp3) is 0.130. The Bertz CT molecular complexity index is 831. The number of fused-ring (bicyclic) bond motifs is 1. The van der Waals surface area contributed by atoms with Crippen molar-refractivity contribution in [3.63, 3.8) is 0 Å². The fourth-order valence-corrected chi connectivity index (χ4v) is 3.57. The van der Waals surface area contributed by atoms with Crippen molar-refractivity contribution in [3.8, 4) is 0 Å². The standard InChI is InChI=1S/C23H21NO/c1-2-11-22-24-21-17-10-9-16-20(21)23(25-22,18-12-5-3-6-13-18)19-14-7-4-8-15-19/h2-17,22,24H,1H3/b11-2+. The topological polar surface area (TPSA) is 21.3 Å². The summed E-state index contributed by atoms with van der Waals surface area (Å²) in [6.07, 6.45) is 3.88. The van der Waals surface area contributed by atoms with Crippen LogP contribution in [0.15, 0.2) is 97.1 Å². The Hall–Kier alpha value is -2.84. The van der Waals surface area contributed by atoms with E-state index in [1.807, 2.05) is 25.1 Å². The summed E-state index contributed by atoms with van der Waals surface area (Å²) in [4.78, 5) is 0. The predicted octanol–water partition coefficient (Wildman–Crippen LogP) is 5.32. The van der Waals surface area contributed by atoms with Crippen LogP contribution in [-0.4, -0.2) is 6.23 Å². The second-order valence-corrected chi connectivity index (χ2v) is 6.17. The molecular weight excluding hydrogens is 306 g/mol. The molecule has 0 bridgehead atoms. The summed E-state index contributed by atoms with van der Waals surface area (Å²) in [6, 6.07) is 29.3. The maximum Gasteiger partial charge on any atom is 0.149 e. The summed E-state index contributed by atoms with van der Waals surface area (Å²) >= 11 is 0. The lowest BCUT2D eigenvalue weighted by molar-refractivity contribution is -0.0192. The van der Waals surface area contributed by atoms with Gasteiger partial charge in [0.2, 0.25) is 0 Å². The molecule has 0 aromatic heterocycles. The van der Waals surface area contributed by atoms with E-state index in [-0.39, 0.29) is 6.23 Å². The lowest BCUT2D eigenvalue weighted by Crippen LogP contribution is -2.43. The first kappa shape index (κ1) is 15.7. The molecule has 1 N–H and O–H groups in total. The Morgan fingerprint density at radius 2 is 1.36 bits per heavy atom. The van der Waals surface area contributed by atoms with Gasteiger partial charge >= 0.3 is 0 Å². The third kappa shape index (κ3) is 2.65. The van der Waals surface area contributed by atoms with E-state index in [1.54, 1.807) is 0 Å². The first-order valence-electron chi connectivity index (χ1n) is 8.62. The molecule has 0 spiro atoms. The number of benzene rings is 3. The van der Waals surface area contributed by atoms with Crippen molar-refractivity contribution in [1.82, 2.24) is 0 Å². The van der Waals surface area contributed by atoms with Crippen LogP contribution in [0.2, 0.25) is 0 Å². The highest BCUT2D eigenvalue weighted by atomic mass is 16.5. The normalized spacial score (nSPS) is 18.5. The molecule has 0 saturated heterocycles. The molecule has 1 aliphatic rings. The van der Waals surface area contributed by atoms with Crippen LogP contribution < -0.4 is 5.32 Å². The lowest BCUT2D eigenvalue weighted by Gasteiger charge is -2.43. The van der Waals surface area contributed by atoms with Crippen molar-refractivity contribution in [2.45, 2.75) is 18.8 Å². The van der Waals surface area contributed by atoms with Gasteiger partial charge in [-0.1, -0.05) is 84.9 Å². The molecule has 3 aromatic carbocycles. The Balaban J connectivity index is 2.03. The zero-order valence-electron chi connectivity index (χ0n) is 14.2. The zero-order valence-corrected chi connectivity index (χ0v) is 14.2. The van der Waals surface area contributed by atoms with Gasteiger partial charge in [-0.2, -0.15) is 0 Å². The number of hydrogen-bond acceptors (Lipinski definition) is 2. The molecule has 1 heterocycles. The number of ether oxygens (including phenoxy) is 1. The average Bonchev–Trinajstić information content (AvgIpc) is 2.69. The first-order chi connectivity index (χ1) is 12.3. The van der Waals surface area contributed by atoms with Gasteiger partial charge in [0.15, 0.2) is 0 Å². The van der Waals surface area contributed by atoms with E-state index in [4.69, 9.17) is 4.74 Å². The van der Waals surface area contributed by atoms with Gasteiger partial charge < -0.3 is 10.1 Å². The molecule has 0 aliphatic carbocycles. The van der Waals surface area contributed by atoms with Crippen LogP contribution in [0.4, 0.5) is 5.69 Å². The number of para-hydroxylation sites is 1. The summed E-state index contributed by atoms with van der Waals surface area (Å²) in [5.74, 6) is 0. The molecule has 4 rings (SSSR count). The predicted molar refractivity (Wildman–Crippen MR) is 103 cm³/mol. The minimum absolute atomic E-state index is 0.194. The minimum atomic E-state index is -0.644. The van der Waals surface area contributed by atoms with Crippen molar-refractivity contribution in [1.29, 1.82) is 0 Å². The van der Waals surface area contributed by atoms with Crippen molar-refractivity contribution < 1.29 is 4.74 Å². The smallest absolute Gasteiger partial charge is 0.149 e. The van der Waals surface area contributed by atoms with Crippen molar-refractivity contribution in [2.75, 3.05) is 5.32 Å². The molecular formula is C23H21NO. The largest absolute Gasteiger partial charge is 0.356 e. The van der Waals surface area contributed by atoms with Gasteiger partial charge in [0.25, 0.3) is 0 Å². The Morgan fingerprint density at radius 1 is 0.800 bits per heavy atom. The third-order valence-electron chi connectivity index (χ3n) is 4.64. The summed E-state index contributed by atoms with van der Waals surface area (Å²) in [6.45, 7) is 2.01. The molecule has 0 amide bonds. The molecule has 1 aliphatic heterocycles. The second kappa shape index (κ2) is 6.58. The van der Waals surface area contributed by atoms with Crippen LogP contribution in [0.1, 0.15) is 23.6 Å². The van der Waals surface area contributed by atoms with Gasteiger partial charge in [-0.25, -0.2) is 0 Å². The van der Waals surface area contributed by atoms with E-state index in [0.29, 0.717) is 0 Å². The second-order valence-electron chi connectivity index (χ2n) is 6.17. The SMILES string of the molecule is C/C=C/C1Nc2ccccc2C(c2ccccc2)(c2ccccc2)O1. The van der Waals surface area contributed by atoms with Gasteiger partial charge in [0.05, 0.1) is 0 Å². The Kier molecular flexibility index (Phi) is 4.12. The van der Waals surface area contributed by atoms with Gasteiger partial charge in [-0.05, 0) is 30.2 Å². The monoisotopic (exact) mass is 327 g/mol. The molecule has 0 saturated carbocycles. The zero-order chi connectivity index (χ0) is 17.1. The molecule has 2 nitrogen and oxygen atoms in total. The quantitative estimate of drug-likeness (QED) is 0.657. The lowest BCUT2D eigenvalue weighted by atomic mass is 9.78. The van der Waals surface area contributed by atoms with Crippen LogP contribution in [0.5, 0.6) is 0 Å². The van der Waals surface area contributed by atoms with Gasteiger partial charge in [0.1, 0.15) is 11.8 Å². The molecule has 1 atom stereocenters. The number of hydrogen-bond donors (Lipinski definition) is 1. The first-order valence-corrected chi connectivity index (χ1v) is 8.62. The van der Waals surface area contributed by atoms with E-state index < -0.39 is 5.60 Å². The van der Waals surface area contributed by atoms with Crippen molar-refractivity contribution in [3.05, 3.63) is 114 Å². The molecule has 25 heavy (non-hydrogen) atoms. The molecule has 2 heteroatoms.